The molecular weight excluding hydrogens is 326 g/mol. The van der Waals surface area contributed by atoms with Crippen LogP contribution in [0, 0.1) is 11.8 Å². The van der Waals surface area contributed by atoms with Crippen molar-refractivity contribution in [2.24, 2.45) is 11.8 Å². The number of carbonyl (C=O) groups is 1. The zero-order chi connectivity index (χ0) is 17.1. The molecule has 1 saturated carbocycles. The van der Waals surface area contributed by atoms with Crippen LogP contribution in [0.3, 0.4) is 0 Å². The van der Waals surface area contributed by atoms with Gasteiger partial charge in [0.25, 0.3) is 0 Å². The van der Waals surface area contributed by atoms with Crippen molar-refractivity contribution in [2.45, 2.75) is 31.2 Å². The molecule has 24 heavy (non-hydrogen) atoms. The summed E-state index contributed by atoms with van der Waals surface area (Å²) in [5, 5.41) is 4.03. The van der Waals surface area contributed by atoms with Gasteiger partial charge in [-0.15, -0.1) is 5.10 Å². The molecule has 2 aliphatic rings. The predicted octanol–water partition coefficient (Wildman–Crippen LogP) is 3.66. The van der Waals surface area contributed by atoms with E-state index in [9.17, 15) is 22.4 Å². The summed E-state index contributed by atoms with van der Waals surface area (Å²) in [6.07, 6.45) is -5.87. The quantitative estimate of drug-likeness (QED) is 0.633. The Hall–Kier alpha value is -2.25. The normalized spacial score (nSPS) is 28.7. The second kappa shape index (κ2) is 5.12. The molecule has 1 aliphatic carbocycles. The van der Waals surface area contributed by atoms with E-state index in [1.807, 2.05) is 30.3 Å². The van der Waals surface area contributed by atoms with Gasteiger partial charge in [0.1, 0.15) is 0 Å². The number of aromatic nitrogens is 3. The van der Waals surface area contributed by atoms with E-state index in [1.54, 1.807) is 0 Å². The minimum Gasteiger partial charge on any atom is -0.290 e. The average molecular weight is 339 g/mol. The third-order valence-corrected chi connectivity index (χ3v) is 4.62. The molecule has 1 aliphatic heterocycles. The van der Waals surface area contributed by atoms with Crippen LogP contribution in [0.15, 0.2) is 30.3 Å². The molecule has 1 aromatic heterocycles. The van der Waals surface area contributed by atoms with E-state index in [4.69, 9.17) is 0 Å². The number of hydrogen-bond acceptors (Lipinski definition) is 3. The highest BCUT2D eigenvalue weighted by atomic mass is 19.4. The van der Waals surface area contributed by atoms with E-state index in [-0.39, 0.29) is 24.5 Å². The van der Waals surface area contributed by atoms with Gasteiger partial charge in [0.05, 0.1) is 12.0 Å². The van der Waals surface area contributed by atoms with Gasteiger partial charge in [-0.1, -0.05) is 30.3 Å². The van der Waals surface area contributed by atoms with Crippen LogP contribution in [0.25, 0.3) is 0 Å². The first-order valence-electron chi connectivity index (χ1n) is 7.62. The van der Waals surface area contributed by atoms with Gasteiger partial charge in [0.15, 0.2) is 12.0 Å². The summed E-state index contributed by atoms with van der Waals surface area (Å²) >= 11 is 0. The van der Waals surface area contributed by atoms with Crippen molar-refractivity contribution in [1.29, 1.82) is 0 Å². The number of hydrogen-bond donors (Lipinski definition) is 0. The number of nitrogens with zero attached hydrogens (tertiary/aromatic N) is 3. The smallest absolute Gasteiger partial charge is 0.290 e. The van der Waals surface area contributed by atoms with Crippen molar-refractivity contribution in [1.82, 2.24) is 14.8 Å². The minimum atomic E-state index is -4.39. The summed E-state index contributed by atoms with van der Waals surface area (Å²) in [6, 6.07) is 8.67. The molecule has 4 rings (SSSR count). The van der Waals surface area contributed by atoms with Crippen LogP contribution in [0.5, 0.6) is 0 Å². The summed E-state index contributed by atoms with van der Waals surface area (Å²) in [6.45, 7) is 0. The van der Waals surface area contributed by atoms with Crippen molar-refractivity contribution in [3.63, 3.8) is 0 Å². The van der Waals surface area contributed by atoms with Crippen molar-refractivity contribution in [3.05, 3.63) is 47.5 Å². The van der Waals surface area contributed by atoms with Gasteiger partial charge in [0.2, 0.25) is 11.6 Å². The molecule has 4 atom stereocenters. The number of benzene rings is 1. The Bertz CT molecular complexity index is 786. The third-order valence-electron chi connectivity index (χ3n) is 4.62. The van der Waals surface area contributed by atoms with E-state index in [2.05, 4.69) is 10.1 Å². The lowest BCUT2D eigenvalue weighted by atomic mass is 10.0. The maximum Gasteiger partial charge on any atom is 0.392 e. The summed E-state index contributed by atoms with van der Waals surface area (Å²) in [7, 11) is 0. The minimum absolute atomic E-state index is 0.0106. The van der Waals surface area contributed by atoms with E-state index in [1.165, 1.54) is 4.68 Å². The number of rotatable bonds is 3. The molecule has 0 amide bonds. The molecule has 0 unspecified atom stereocenters. The van der Waals surface area contributed by atoms with Crippen LogP contribution in [0.2, 0.25) is 0 Å². The van der Waals surface area contributed by atoms with Crippen molar-refractivity contribution >= 4 is 5.78 Å². The Kier molecular flexibility index (Phi) is 3.26. The molecule has 2 heterocycles. The molecule has 126 valence electrons. The lowest BCUT2D eigenvalue weighted by Gasteiger charge is -2.11. The standard InChI is InChI=1S/C16H13F4N3O/c17-11-7-12(8-4-2-1-3-5-8)23-15(11)21-14(22-23)13(24)9-6-10(9)16(18,19)20/h1-5,9-12H,6-7H2/t9-,10-,11-,12-/m0/s1. The van der Waals surface area contributed by atoms with Gasteiger partial charge < -0.3 is 0 Å². The molecule has 1 fully saturated rings. The van der Waals surface area contributed by atoms with Crippen molar-refractivity contribution in [3.8, 4) is 0 Å². The van der Waals surface area contributed by atoms with Gasteiger partial charge in [-0.25, -0.2) is 14.1 Å². The van der Waals surface area contributed by atoms with Gasteiger partial charge in [-0.3, -0.25) is 4.79 Å². The van der Waals surface area contributed by atoms with Crippen molar-refractivity contribution in [2.75, 3.05) is 0 Å². The van der Waals surface area contributed by atoms with E-state index in [0.717, 1.165) is 5.56 Å². The monoisotopic (exact) mass is 339 g/mol. The molecule has 4 nitrogen and oxygen atoms in total. The van der Waals surface area contributed by atoms with Crippen LogP contribution in [0.1, 0.15) is 47.1 Å². The zero-order valence-corrected chi connectivity index (χ0v) is 12.4. The molecule has 0 N–H and O–H groups in total. The van der Waals surface area contributed by atoms with Gasteiger partial charge >= 0.3 is 6.18 Å². The molecule has 8 heteroatoms. The number of Topliss-reactive ketones (excluding diaryl/α,β-unsaturated/α-hetero) is 1. The molecule has 1 aromatic carbocycles. The Morgan fingerprint density at radius 2 is 1.88 bits per heavy atom. The van der Waals surface area contributed by atoms with E-state index >= 15 is 0 Å². The fraction of sp³-hybridized carbons (Fsp3) is 0.438. The van der Waals surface area contributed by atoms with Crippen LogP contribution in [-0.4, -0.2) is 26.7 Å². The SMILES string of the molecule is O=C(c1nc2n(n1)[C@H](c1ccccc1)C[C@@H]2F)[C@H]1C[C@@H]1C(F)(F)F. The summed E-state index contributed by atoms with van der Waals surface area (Å²) in [5.41, 5.74) is 0.822. The first-order valence-corrected chi connectivity index (χ1v) is 7.62. The summed E-state index contributed by atoms with van der Waals surface area (Å²) in [4.78, 5) is 16.0. The highest BCUT2D eigenvalue weighted by Crippen LogP contribution is 2.51. The molecular formula is C16H13F4N3O. The average Bonchev–Trinajstić information content (AvgIpc) is 3.16. The predicted molar refractivity (Wildman–Crippen MR) is 75.1 cm³/mol. The third kappa shape index (κ3) is 2.40. The van der Waals surface area contributed by atoms with Gasteiger partial charge in [-0.2, -0.15) is 13.2 Å². The van der Waals surface area contributed by atoms with Crippen molar-refractivity contribution < 1.29 is 22.4 Å². The summed E-state index contributed by atoms with van der Waals surface area (Å²) in [5.74, 6) is -3.82. The van der Waals surface area contributed by atoms with Crippen LogP contribution in [0.4, 0.5) is 17.6 Å². The first-order chi connectivity index (χ1) is 11.4. The Morgan fingerprint density at radius 1 is 1.17 bits per heavy atom. The first kappa shape index (κ1) is 15.3. The summed E-state index contributed by atoms with van der Waals surface area (Å²) < 4.78 is 53.4. The molecule has 0 saturated heterocycles. The highest BCUT2D eigenvalue weighted by Gasteiger charge is 2.59. The lowest BCUT2D eigenvalue weighted by Crippen LogP contribution is -2.17. The number of carbonyl (C=O) groups excluding carboxylic acids is 1. The highest BCUT2D eigenvalue weighted by molar-refractivity contribution is 5.96. The number of alkyl halides is 4. The fourth-order valence-corrected chi connectivity index (χ4v) is 3.25. The largest absolute Gasteiger partial charge is 0.392 e. The molecule has 2 aromatic rings. The van der Waals surface area contributed by atoms with E-state index < -0.39 is 36.0 Å². The zero-order valence-electron chi connectivity index (χ0n) is 12.4. The molecule has 0 spiro atoms. The fourth-order valence-electron chi connectivity index (χ4n) is 3.25. The molecule has 0 bridgehead atoms. The van der Waals surface area contributed by atoms with E-state index in [0.29, 0.717) is 0 Å². The Morgan fingerprint density at radius 3 is 2.50 bits per heavy atom. The number of halogens is 4. The Balaban J connectivity index is 1.61. The van der Waals surface area contributed by atoms with Gasteiger partial charge in [-0.05, 0) is 12.0 Å². The van der Waals surface area contributed by atoms with Crippen LogP contribution in [-0.2, 0) is 0 Å². The topological polar surface area (TPSA) is 47.8 Å². The number of fused-ring (bicyclic) bond motifs is 1. The maximum absolute atomic E-state index is 14.2. The van der Waals surface area contributed by atoms with Gasteiger partial charge in [0, 0.05) is 12.3 Å². The van der Waals surface area contributed by atoms with Crippen LogP contribution < -0.4 is 0 Å². The maximum atomic E-state index is 14.2. The Labute approximate surface area is 134 Å². The second-order valence-corrected chi connectivity index (χ2v) is 6.22. The number of ketones is 1. The lowest BCUT2D eigenvalue weighted by molar-refractivity contribution is -0.149. The van der Waals surface area contributed by atoms with Crippen LogP contribution >= 0.6 is 0 Å². The second-order valence-electron chi connectivity index (χ2n) is 6.22. The molecule has 0 radical (unpaired) electrons.